The zero-order chi connectivity index (χ0) is 11.7. The van der Waals surface area contributed by atoms with Gasteiger partial charge >= 0.3 is 0 Å². The fraction of sp³-hybridized carbons (Fsp3) is 0.231. The molecule has 2 aromatic carbocycles. The maximum absolute atomic E-state index is 13.6. The first kappa shape index (κ1) is 10.7. The SMILES string of the molecule is CCc1c(F)ccc2cc(N=O)cc(C)c12. The normalized spacial score (nSPS) is 10.7. The van der Waals surface area contributed by atoms with Crippen molar-refractivity contribution >= 4 is 16.5 Å². The van der Waals surface area contributed by atoms with Gasteiger partial charge in [0.25, 0.3) is 0 Å². The average Bonchev–Trinajstić information content (AvgIpc) is 2.29. The van der Waals surface area contributed by atoms with Gasteiger partial charge in [-0.2, -0.15) is 0 Å². The highest BCUT2D eigenvalue weighted by atomic mass is 19.1. The van der Waals surface area contributed by atoms with Crippen LogP contribution in [0.15, 0.2) is 29.4 Å². The van der Waals surface area contributed by atoms with Crippen LogP contribution < -0.4 is 0 Å². The summed E-state index contributed by atoms with van der Waals surface area (Å²) in [7, 11) is 0. The van der Waals surface area contributed by atoms with Crippen LogP contribution in [0, 0.1) is 17.6 Å². The smallest absolute Gasteiger partial charge is 0.127 e. The van der Waals surface area contributed by atoms with Gasteiger partial charge in [0, 0.05) is 0 Å². The van der Waals surface area contributed by atoms with Crippen LogP contribution in [0.1, 0.15) is 18.1 Å². The minimum Gasteiger partial charge on any atom is -0.207 e. The highest BCUT2D eigenvalue weighted by molar-refractivity contribution is 5.91. The second kappa shape index (κ2) is 4.00. The number of halogens is 1. The standard InChI is InChI=1S/C13H12FNO/c1-3-11-12(14)5-4-9-7-10(15-16)6-8(2)13(9)11/h4-7H,3H2,1-2H3. The lowest BCUT2D eigenvalue weighted by Gasteiger charge is -2.09. The van der Waals surface area contributed by atoms with Crippen molar-refractivity contribution in [2.75, 3.05) is 0 Å². The highest BCUT2D eigenvalue weighted by Crippen LogP contribution is 2.29. The topological polar surface area (TPSA) is 29.4 Å². The zero-order valence-electron chi connectivity index (χ0n) is 9.25. The molecular weight excluding hydrogens is 205 g/mol. The summed E-state index contributed by atoms with van der Waals surface area (Å²) >= 11 is 0. The Kier molecular flexibility index (Phi) is 2.69. The first-order valence-electron chi connectivity index (χ1n) is 5.22. The number of hydrogen-bond donors (Lipinski definition) is 0. The van der Waals surface area contributed by atoms with E-state index in [9.17, 15) is 9.30 Å². The van der Waals surface area contributed by atoms with Crippen molar-refractivity contribution in [3.63, 3.8) is 0 Å². The van der Waals surface area contributed by atoms with Crippen LogP contribution in [0.3, 0.4) is 0 Å². The molecule has 0 amide bonds. The van der Waals surface area contributed by atoms with Crippen molar-refractivity contribution in [1.29, 1.82) is 0 Å². The molecule has 0 heterocycles. The predicted octanol–water partition coefficient (Wildman–Crippen LogP) is 4.25. The van der Waals surface area contributed by atoms with Crippen molar-refractivity contribution < 1.29 is 4.39 Å². The fourth-order valence-corrected chi connectivity index (χ4v) is 2.12. The molecule has 16 heavy (non-hydrogen) atoms. The number of fused-ring (bicyclic) bond motifs is 1. The van der Waals surface area contributed by atoms with Gasteiger partial charge in [0.05, 0.1) is 0 Å². The van der Waals surface area contributed by atoms with Crippen molar-refractivity contribution in [1.82, 2.24) is 0 Å². The van der Waals surface area contributed by atoms with Crippen LogP contribution in [0.25, 0.3) is 10.8 Å². The van der Waals surface area contributed by atoms with Crippen LogP contribution in [-0.2, 0) is 6.42 Å². The third kappa shape index (κ3) is 1.58. The van der Waals surface area contributed by atoms with E-state index in [2.05, 4.69) is 5.18 Å². The molecule has 0 aromatic heterocycles. The minimum absolute atomic E-state index is 0.190. The molecule has 0 saturated carbocycles. The van der Waals surface area contributed by atoms with Crippen LogP contribution in [0.5, 0.6) is 0 Å². The summed E-state index contributed by atoms with van der Waals surface area (Å²) in [6.07, 6.45) is 0.637. The number of nitrogens with zero attached hydrogens (tertiary/aromatic N) is 1. The van der Waals surface area contributed by atoms with Gasteiger partial charge in [-0.1, -0.05) is 13.0 Å². The lowest BCUT2D eigenvalue weighted by molar-refractivity contribution is 0.615. The molecule has 3 heteroatoms. The van der Waals surface area contributed by atoms with Gasteiger partial charge in [-0.25, -0.2) is 4.39 Å². The zero-order valence-corrected chi connectivity index (χ0v) is 9.25. The van der Waals surface area contributed by atoms with Gasteiger partial charge < -0.3 is 0 Å². The van der Waals surface area contributed by atoms with E-state index in [0.717, 1.165) is 16.3 Å². The van der Waals surface area contributed by atoms with Gasteiger partial charge in [0.1, 0.15) is 11.5 Å². The molecular formula is C13H12FNO. The van der Waals surface area contributed by atoms with Crippen molar-refractivity contribution in [2.24, 2.45) is 5.18 Å². The molecule has 0 bridgehead atoms. The Hall–Kier alpha value is -1.77. The van der Waals surface area contributed by atoms with Crippen LogP contribution in [-0.4, -0.2) is 0 Å². The first-order chi connectivity index (χ1) is 7.67. The number of aryl methyl sites for hydroxylation is 2. The van der Waals surface area contributed by atoms with Crippen molar-refractivity contribution in [3.05, 3.63) is 46.1 Å². The Morgan fingerprint density at radius 1 is 1.31 bits per heavy atom. The summed E-state index contributed by atoms with van der Waals surface area (Å²) in [6, 6.07) is 6.50. The molecule has 0 unspecified atom stereocenters. The number of hydrogen-bond acceptors (Lipinski definition) is 2. The van der Waals surface area contributed by atoms with E-state index in [1.807, 2.05) is 13.8 Å². The van der Waals surface area contributed by atoms with Crippen LogP contribution in [0.4, 0.5) is 10.1 Å². The largest absolute Gasteiger partial charge is 0.207 e. The quantitative estimate of drug-likeness (QED) is 0.691. The van der Waals surface area contributed by atoms with E-state index in [-0.39, 0.29) is 5.82 Å². The molecule has 2 rings (SSSR count). The van der Waals surface area contributed by atoms with Crippen molar-refractivity contribution in [2.45, 2.75) is 20.3 Å². The lowest BCUT2D eigenvalue weighted by Crippen LogP contribution is -1.92. The number of benzene rings is 2. The lowest BCUT2D eigenvalue weighted by atomic mass is 9.97. The summed E-state index contributed by atoms with van der Waals surface area (Å²) in [5, 5.41) is 4.68. The average molecular weight is 217 g/mol. The molecule has 0 saturated heterocycles. The van der Waals surface area contributed by atoms with E-state index in [4.69, 9.17) is 0 Å². The fourth-order valence-electron chi connectivity index (χ4n) is 2.12. The Morgan fingerprint density at radius 3 is 2.69 bits per heavy atom. The Bertz CT molecular complexity index is 563. The maximum Gasteiger partial charge on any atom is 0.127 e. The first-order valence-corrected chi connectivity index (χ1v) is 5.22. The van der Waals surface area contributed by atoms with Gasteiger partial charge in [0.15, 0.2) is 0 Å². The molecule has 0 aliphatic rings. The number of rotatable bonds is 2. The summed E-state index contributed by atoms with van der Waals surface area (Å²) in [6.45, 7) is 3.79. The van der Waals surface area contributed by atoms with E-state index in [1.54, 1.807) is 18.2 Å². The second-order valence-corrected chi connectivity index (χ2v) is 3.83. The van der Waals surface area contributed by atoms with E-state index < -0.39 is 0 Å². The van der Waals surface area contributed by atoms with Crippen molar-refractivity contribution in [3.8, 4) is 0 Å². The molecule has 0 atom stereocenters. The summed E-state index contributed by atoms with van der Waals surface area (Å²) in [5.41, 5.74) is 1.98. The molecule has 0 radical (unpaired) electrons. The molecule has 0 aliphatic carbocycles. The van der Waals surface area contributed by atoms with E-state index >= 15 is 0 Å². The van der Waals surface area contributed by atoms with Gasteiger partial charge in [-0.05, 0) is 58.6 Å². The Morgan fingerprint density at radius 2 is 2.06 bits per heavy atom. The van der Waals surface area contributed by atoms with E-state index in [0.29, 0.717) is 17.7 Å². The molecule has 2 nitrogen and oxygen atoms in total. The van der Waals surface area contributed by atoms with Crippen LogP contribution >= 0.6 is 0 Å². The molecule has 0 aliphatic heterocycles. The summed E-state index contributed by atoms with van der Waals surface area (Å²) < 4.78 is 13.6. The molecule has 82 valence electrons. The molecule has 0 fully saturated rings. The molecule has 0 spiro atoms. The predicted molar refractivity (Wildman–Crippen MR) is 63.5 cm³/mol. The Balaban J connectivity index is 2.88. The highest BCUT2D eigenvalue weighted by Gasteiger charge is 2.09. The molecule has 0 N–H and O–H groups in total. The molecule has 2 aromatic rings. The van der Waals surface area contributed by atoms with Gasteiger partial charge in [-0.3, -0.25) is 0 Å². The van der Waals surface area contributed by atoms with Gasteiger partial charge in [-0.15, -0.1) is 4.91 Å². The van der Waals surface area contributed by atoms with Gasteiger partial charge in [0.2, 0.25) is 0 Å². The minimum atomic E-state index is -0.190. The summed E-state index contributed by atoms with van der Waals surface area (Å²) in [4.78, 5) is 10.5. The third-order valence-electron chi connectivity index (χ3n) is 2.81. The third-order valence-corrected chi connectivity index (χ3v) is 2.81. The Labute approximate surface area is 93.1 Å². The van der Waals surface area contributed by atoms with E-state index in [1.165, 1.54) is 6.07 Å². The summed E-state index contributed by atoms with van der Waals surface area (Å²) in [5.74, 6) is -0.190. The van der Waals surface area contributed by atoms with Crippen LogP contribution in [0.2, 0.25) is 0 Å². The second-order valence-electron chi connectivity index (χ2n) is 3.83. The number of nitroso groups, excluding NO2 is 1. The maximum atomic E-state index is 13.6. The monoisotopic (exact) mass is 217 g/mol.